The summed E-state index contributed by atoms with van der Waals surface area (Å²) in [4.78, 5) is 13.8. The third-order valence-electron chi connectivity index (χ3n) is 3.46. The molecule has 2 unspecified atom stereocenters. The summed E-state index contributed by atoms with van der Waals surface area (Å²) >= 11 is 5.90. The normalized spacial score (nSPS) is 22.6. The molecular weight excluding hydrogens is 331 g/mol. The molecule has 1 aliphatic rings. The highest BCUT2D eigenvalue weighted by atomic mass is 35.5. The molecular formula is C16H17ClF3NO2. The van der Waals surface area contributed by atoms with Crippen LogP contribution in [0.4, 0.5) is 13.2 Å². The van der Waals surface area contributed by atoms with Crippen molar-refractivity contribution < 1.29 is 22.7 Å². The second kappa shape index (κ2) is 6.93. The lowest BCUT2D eigenvalue weighted by Crippen LogP contribution is -2.47. The number of carbonyl (C=O) groups excluding carboxylic acids is 1. The number of amides is 1. The number of alkyl halides is 3. The van der Waals surface area contributed by atoms with Crippen LogP contribution in [0.5, 0.6) is 0 Å². The lowest BCUT2D eigenvalue weighted by atomic mass is 10.1. The third kappa shape index (κ3) is 4.72. The minimum absolute atomic E-state index is 0.0757. The van der Waals surface area contributed by atoms with Crippen molar-refractivity contribution in [3.8, 4) is 0 Å². The number of benzene rings is 1. The third-order valence-corrected chi connectivity index (χ3v) is 3.80. The first-order chi connectivity index (χ1) is 10.7. The van der Waals surface area contributed by atoms with Crippen LogP contribution >= 0.6 is 11.6 Å². The summed E-state index contributed by atoms with van der Waals surface area (Å²) in [6, 6.07) is 3.01. The molecule has 1 aliphatic heterocycles. The van der Waals surface area contributed by atoms with Crippen molar-refractivity contribution >= 4 is 23.6 Å². The predicted molar refractivity (Wildman–Crippen MR) is 82.1 cm³/mol. The van der Waals surface area contributed by atoms with Gasteiger partial charge in [0.25, 0.3) is 0 Å². The molecule has 1 heterocycles. The first-order valence-corrected chi connectivity index (χ1v) is 7.54. The molecule has 0 aliphatic carbocycles. The molecule has 0 bridgehead atoms. The molecule has 2 atom stereocenters. The fraction of sp³-hybridized carbons (Fsp3) is 0.438. The van der Waals surface area contributed by atoms with Crippen molar-refractivity contribution in [2.24, 2.45) is 0 Å². The smallest absolute Gasteiger partial charge is 0.372 e. The monoisotopic (exact) mass is 347 g/mol. The highest BCUT2D eigenvalue weighted by Gasteiger charge is 2.30. The number of hydrogen-bond acceptors (Lipinski definition) is 2. The van der Waals surface area contributed by atoms with Gasteiger partial charge in [-0.1, -0.05) is 11.6 Å². The number of ether oxygens (including phenoxy) is 1. The fourth-order valence-electron chi connectivity index (χ4n) is 2.47. The highest BCUT2D eigenvalue weighted by molar-refractivity contribution is 6.32. The van der Waals surface area contributed by atoms with Crippen LogP contribution in [0.25, 0.3) is 6.08 Å². The van der Waals surface area contributed by atoms with E-state index < -0.39 is 11.7 Å². The molecule has 1 amide bonds. The van der Waals surface area contributed by atoms with Crippen molar-refractivity contribution in [3.63, 3.8) is 0 Å². The van der Waals surface area contributed by atoms with E-state index in [2.05, 4.69) is 0 Å². The second-order valence-corrected chi connectivity index (χ2v) is 5.98. The number of rotatable bonds is 2. The van der Waals surface area contributed by atoms with Gasteiger partial charge in [-0.15, -0.1) is 0 Å². The van der Waals surface area contributed by atoms with Crippen molar-refractivity contribution in [1.82, 2.24) is 4.90 Å². The second-order valence-electron chi connectivity index (χ2n) is 5.57. The zero-order chi connectivity index (χ0) is 17.2. The standard InChI is InChI=1S/C16H17ClF3NO2/c1-10-8-21(9-11(2)23-10)15(22)6-3-12-7-13(16(18,19)20)4-5-14(12)17/h3-7,10-11H,8-9H2,1-2H3/b6-3+. The Labute approximate surface area is 137 Å². The largest absolute Gasteiger partial charge is 0.416 e. The first kappa shape index (κ1) is 17.8. The van der Waals surface area contributed by atoms with E-state index >= 15 is 0 Å². The van der Waals surface area contributed by atoms with Gasteiger partial charge in [0.15, 0.2) is 0 Å². The van der Waals surface area contributed by atoms with E-state index in [1.807, 2.05) is 13.8 Å². The minimum atomic E-state index is -4.45. The quantitative estimate of drug-likeness (QED) is 0.757. The lowest BCUT2D eigenvalue weighted by molar-refractivity contribution is -0.138. The van der Waals surface area contributed by atoms with Gasteiger partial charge in [-0.05, 0) is 43.7 Å². The van der Waals surface area contributed by atoms with Gasteiger partial charge in [0, 0.05) is 24.2 Å². The molecule has 0 radical (unpaired) electrons. The van der Waals surface area contributed by atoms with Gasteiger partial charge in [-0.25, -0.2) is 0 Å². The number of nitrogens with zero attached hydrogens (tertiary/aromatic N) is 1. The molecule has 1 aromatic rings. The Kier molecular flexibility index (Phi) is 5.37. The van der Waals surface area contributed by atoms with Gasteiger partial charge < -0.3 is 9.64 Å². The van der Waals surface area contributed by atoms with Crippen molar-refractivity contribution in [2.45, 2.75) is 32.2 Å². The summed E-state index contributed by atoms with van der Waals surface area (Å²) in [6.07, 6.45) is -2.05. The maximum Gasteiger partial charge on any atom is 0.416 e. The van der Waals surface area contributed by atoms with Gasteiger partial charge in [0.1, 0.15) is 0 Å². The zero-order valence-electron chi connectivity index (χ0n) is 12.7. The van der Waals surface area contributed by atoms with Crippen LogP contribution in [-0.2, 0) is 15.7 Å². The molecule has 0 spiro atoms. The van der Waals surface area contributed by atoms with E-state index in [0.717, 1.165) is 12.1 Å². The fourth-order valence-corrected chi connectivity index (χ4v) is 2.65. The van der Waals surface area contributed by atoms with Gasteiger partial charge in [-0.2, -0.15) is 13.2 Å². The Hall–Kier alpha value is -1.53. The Morgan fingerprint density at radius 1 is 1.30 bits per heavy atom. The molecule has 1 aromatic carbocycles. The van der Waals surface area contributed by atoms with Crippen LogP contribution in [0.15, 0.2) is 24.3 Å². The van der Waals surface area contributed by atoms with Crippen LogP contribution in [0.1, 0.15) is 25.0 Å². The summed E-state index contributed by atoms with van der Waals surface area (Å²) in [5.74, 6) is -0.277. The molecule has 0 N–H and O–H groups in total. The molecule has 126 valence electrons. The van der Waals surface area contributed by atoms with Crippen LogP contribution in [0.2, 0.25) is 5.02 Å². The van der Waals surface area contributed by atoms with E-state index in [4.69, 9.17) is 16.3 Å². The zero-order valence-corrected chi connectivity index (χ0v) is 13.5. The minimum Gasteiger partial charge on any atom is -0.372 e. The number of morpholine rings is 1. The molecule has 3 nitrogen and oxygen atoms in total. The van der Waals surface area contributed by atoms with E-state index in [1.165, 1.54) is 18.2 Å². The van der Waals surface area contributed by atoms with Gasteiger partial charge in [0.2, 0.25) is 5.91 Å². The molecule has 1 saturated heterocycles. The maximum atomic E-state index is 12.7. The Morgan fingerprint density at radius 3 is 2.48 bits per heavy atom. The van der Waals surface area contributed by atoms with Crippen LogP contribution in [-0.4, -0.2) is 36.1 Å². The Bertz CT molecular complexity index is 606. The average Bonchev–Trinajstić information content (AvgIpc) is 2.43. The van der Waals surface area contributed by atoms with Crippen molar-refractivity contribution in [1.29, 1.82) is 0 Å². The van der Waals surface area contributed by atoms with E-state index in [-0.39, 0.29) is 28.7 Å². The summed E-state index contributed by atoms with van der Waals surface area (Å²) in [5.41, 5.74) is -0.646. The summed E-state index contributed by atoms with van der Waals surface area (Å²) in [6.45, 7) is 4.63. The van der Waals surface area contributed by atoms with E-state index in [1.54, 1.807) is 4.90 Å². The Morgan fingerprint density at radius 2 is 1.91 bits per heavy atom. The lowest BCUT2D eigenvalue weighted by Gasteiger charge is -2.34. The summed E-state index contributed by atoms with van der Waals surface area (Å²) in [7, 11) is 0. The topological polar surface area (TPSA) is 29.5 Å². The summed E-state index contributed by atoms with van der Waals surface area (Å²) in [5, 5.41) is 0.158. The van der Waals surface area contributed by atoms with Gasteiger partial charge >= 0.3 is 6.18 Å². The van der Waals surface area contributed by atoms with Gasteiger partial charge in [0.05, 0.1) is 17.8 Å². The van der Waals surface area contributed by atoms with E-state index in [0.29, 0.717) is 13.1 Å². The van der Waals surface area contributed by atoms with Gasteiger partial charge in [-0.3, -0.25) is 4.79 Å². The Balaban J connectivity index is 2.15. The SMILES string of the molecule is CC1CN(C(=O)/C=C/c2cc(C(F)(F)F)ccc2Cl)CC(C)O1. The summed E-state index contributed by atoms with van der Waals surface area (Å²) < 4.78 is 43.7. The number of carbonyl (C=O) groups is 1. The first-order valence-electron chi connectivity index (χ1n) is 7.16. The molecule has 2 rings (SSSR count). The van der Waals surface area contributed by atoms with Crippen LogP contribution in [0.3, 0.4) is 0 Å². The van der Waals surface area contributed by atoms with Crippen molar-refractivity contribution in [3.05, 3.63) is 40.4 Å². The van der Waals surface area contributed by atoms with Crippen molar-refractivity contribution in [2.75, 3.05) is 13.1 Å². The molecule has 0 saturated carbocycles. The molecule has 7 heteroatoms. The van der Waals surface area contributed by atoms with E-state index in [9.17, 15) is 18.0 Å². The molecule has 0 aromatic heterocycles. The number of hydrogen-bond donors (Lipinski definition) is 0. The average molecular weight is 348 g/mol. The highest BCUT2D eigenvalue weighted by Crippen LogP contribution is 2.32. The predicted octanol–water partition coefficient (Wildman–Crippen LogP) is 4.01. The number of halogens is 4. The van der Waals surface area contributed by atoms with Crippen LogP contribution < -0.4 is 0 Å². The molecule has 1 fully saturated rings. The maximum absolute atomic E-state index is 12.7. The molecule has 23 heavy (non-hydrogen) atoms. The van der Waals surface area contributed by atoms with Crippen LogP contribution in [0, 0.1) is 0 Å².